The van der Waals surface area contributed by atoms with Crippen LogP contribution in [0.25, 0.3) is 16.0 Å². The maximum absolute atomic E-state index is 13.7. The molecule has 2 amide bonds. The fourth-order valence-corrected chi connectivity index (χ4v) is 3.15. The Bertz CT molecular complexity index is 1090. The van der Waals surface area contributed by atoms with Crippen molar-refractivity contribution < 1.29 is 23.1 Å². The molecule has 6 nitrogen and oxygen atoms in total. The van der Waals surface area contributed by atoms with E-state index in [1.807, 2.05) is 0 Å². The van der Waals surface area contributed by atoms with Crippen LogP contribution in [0.2, 0.25) is 0 Å². The normalized spacial score (nSPS) is 10.7. The van der Waals surface area contributed by atoms with E-state index in [9.17, 15) is 23.5 Å². The Morgan fingerprint density at radius 3 is 2.69 bits per heavy atom. The van der Waals surface area contributed by atoms with Crippen molar-refractivity contribution in [1.82, 2.24) is 0 Å². The summed E-state index contributed by atoms with van der Waals surface area (Å²) >= 11 is 1.12. The Morgan fingerprint density at radius 1 is 1.31 bits per heavy atom. The molecule has 0 unspecified atom stereocenters. The highest BCUT2D eigenvalue weighted by molar-refractivity contribution is 7.22. The van der Waals surface area contributed by atoms with Gasteiger partial charge in [-0.2, -0.15) is 0 Å². The zero-order valence-corrected chi connectivity index (χ0v) is 14.2. The molecule has 0 aliphatic carbocycles. The number of aliphatic hydroxyl groups excluding tert-OH is 1. The van der Waals surface area contributed by atoms with Gasteiger partial charge >= 0.3 is 11.7 Å². The number of rotatable bonds is 3. The molecule has 0 saturated carbocycles. The molecule has 0 fully saturated rings. The van der Waals surface area contributed by atoms with Crippen LogP contribution in [0.4, 0.5) is 24.3 Å². The van der Waals surface area contributed by atoms with Gasteiger partial charge in [0.2, 0.25) is 0 Å². The molecule has 0 aliphatic rings. The van der Waals surface area contributed by atoms with Gasteiger partial charge in [-0.3, -0.25) is 4.90 Å². The summed E-state index contributed by atoms with van der Waals surface area (Å²) in [6.45, 7) is 3.29. The van der Waals surface area contributed by atoms with Crippen LogP contribution in [-0.2, 0) is 0 Å². The second-order valence-corrected chi connectivity index (χ2v) is 6.38. The van der Waals surface area contributed by atoms with E-state index < -0.39 is 29.1 Å². The molecule has 0 bridgehead atoms. The van der Waals surface area contributed by atoms with Gasteiger partial charge in [0, 0.05) is 19.2 Å². The molecule has 3 aromatic rings. The van der Waals surface area contributed by atoms with Gasteiger partial charge in [-0.15, -0.1) is 11.3 Å². The molecule has 0 spiro atoms. The van der Waals surface area contributed by atoms with E-state index in [0.29, 0.717) is 15.8 Å². The summed E-state index contributed by atoms with van der Waals surface area (Å²) in [6.07, 6.45) is 0. The number of nitrogens with one attached hydrogen (secondary N) is 1. The fourth-order valence-electron chi connectivity index (χ4n) is 2.16. The lowest BCUT2D eigenvalue weighted by molar-refractivity contribution is 0.258. The number of fused-ring (bicyclic) bond motifs is 1. The number of halogens is 2. The molecular formula is C17H12F2N2O4S. The quantitative estimate of drug-likeness (QED) is 0.665. The van der Waals surface area contributed by atoms with E-state index in [1.54, 1.807) is 0 Å². The number of hydrogen-bond acceptors (Lipinski definition) is 5. The van der Waals surface area contributed by atoms with Crippen molar-refractivity contribution in [3.05, 3.63) is 64.5 Å². The molecule has 2 N–H and O–H groups in total. The van der Waals surface area contributed by atoms with Crippen LogP contribution in [-0.4, -0.2) is 18.2 Å². The predicted octanol–water partition coefficient (Wildman–Crippen LogP) is 4.33. The Hall–Kier alpha value is -3.20. The molecule has 3 rings (SSSR count). The van der Waals surface area contributed by atoms with Gasteiger partial charge in [0.15, 0.2) is 5.58 Å². The smallest absolute Gasteiger partial charge is 0.347 e. The lowest BCUT2D eigenvalue weighted by Crippen LogP contribution is -2.30. The van der Waals surface area contributed by atoms with Crippen molar-refractivity contribution in [1.29, 1.82) is 0 Å². The molecule has 0 saturated heterocycles. The van der Waals surface area contributed by atoms with E-state index in [2.05, 4.69) is 11.9 Å². The van der Waals surface area contributed by atoms with Gasteiger partial charge in [-0.25, -0.2) is 18.4 Å². The highest BCUT2D eigenvalue weighted by Crippen LogP contribution is 2.32. The third-order valence-electron chi connectivity index (χ3n) is 3.53. The van der Waals surface area contributed by atoms with E-state index in [1.165, 1.54) is 24.1 Å². The van der Waals surface area contributed by atoms with E-state index in [0.717, 1.165) is 23.5 Å². The van der Waals surface area contributed by atoms with Crippen molar-refractivity contribution in [2.45, 2.75) is 0 Å². The van der Waals surface area contributed by atoms with Crippen molar-refractivity contribution >= 4 is 44.1 Å². The highest BCUT2D eigenvalue weighted by atomic mass is 32.1. The summed E-state index contributed by atoms with van der Waals surface area (Å²) < 4.78 is 32.2. The number of hydrogen-bond donors (Lipinski definition) is 2. The van der Waals surface area contributed by atoms with Gasteiger partial charge in [-0.05, 0) is 18.2 Å². The molecular weight excluding hydrogens is 366 g/mol. The van der Waals surface area contributed by atoms with Crippen LogP contribution < -0.4 is 15.8 Å². The number of benzene rings is 1. The van der Waals surface area contributed by atoms with E-state index in [4.69, 9.17) is 4.42 Å². The lowest BCUT2D eigenvalue weighted by Gasteiger charge is -2.16. The standard InChI is InChI=1S/C17H12F2N2O4S/c1-8(22)10-6-14-13(25-16(10)23)7-15(26-14)21(2)17(24)20-12-4-3-9(18)5-11(12)19/h3-7,22H,1H2,2H3,(H,20,24). The number of carbonyl (C=O) groups excluding carboxylic acids is 1. The van der Waals surface area contributed by atoms with E-state index in [-0.39, 0.29) is 16.8 Å². The van der Waals surface area contributed by atoms with Gasteiger partial charge in [-0.1, -0.05) is 6.58 Å². The van der Waals surface area contributed by atoms with Gasteiger partial charge < -0.3 is 14.8 Å². The fraction of sp³-hybridized carbons (Fsp3) is 0.0588. The maximum Gasteiger partial charge on any atom is 0.347 e. The SMILES string of the molecule is C=C(O)c1cc2sc(N(C)C(=O)Nc3ccc(F)cc3F)cc2oc1=O. The lowest BCUT2D eigenvalue weighted by atomic mass is 10.2. The second kappa shape index (κ2) is 6.60. The molecule has 0 atom stereocenters. The van der Waals surface area contributed by atoms with Gasteiger partial charge in [0.25, 0.3) is 0 Å². The maximum atomic E-state index is 13.7. The zero-order valence-electron chi connectivity index (χ0n) is 13.4. The van der Waals surface area contributed by atoms with Crippen LogP contribution in [0.5, 0.6) is 0 Å². The monoisotopic (exact) mass is 378 g/mol. The minimum atomic E-state index is -0.903. The number of amides is 2. The average molecular weight is 378 g/mol. The van der Waals surface area contributed by atoms with Crippen LogP contribution in [0.3, 0.4) is 0 Å². The van der Waals surface area contributed by atoms with Crippen molar-refractivity contribution in [3.63, 3.8) is 0 Å². The number of urea groups is 1. The summed E-state index contributed by atoms with van der Waals surface area (Å²) in [5.74, 6) is -2.08. The Kier molecular flexibility index (Phi) is 4.47. The van der Waals surface area contributed by atoms with Gasteiger partial charge in [0.1, 0.15) is 28.0 Å². The molecule has 0 aliphatic heterocycles. The van der Waals surface area contributed by atoms with Crippen LogP contribution in [0.15, 0.2) is 46.1 Å². The first-order chi connectivity index (χ1) is 12.3. The van der Waals surface area contributed by atoms with Crippen molar-refractivity contribution in [2.75, 3.05) is 17.3 Å². The number of nitrogens with zero attached hydrogens (tertiary/aromatic N) is 1. The third-order valence-corrected chi connectivity index (χ3v) is 4.67. The number of anilines is 2. The minimum absolute atomic E-state index is 0.0774. The molecule has 26 heavy (non-hydrogen) atoms. The van der Waals surface area contributed by atoms with Crippen molar-refractivity contribution in [3.8, 4) is 0 Å². The summed E-state index contributed by atoms with van der Waals surface area (Å²) in [7, 11) is 1.44. The average Bonchev–Trinajstić information content (AvgIpc) is 2.98. The van der Waals surface area contributed by atoms with Crippen LogP contribution in [0, 0.1) is 11.6 Å². The van der Waals surface area contributed by atoms with Gasteiger partial charge in [0.05, 0.1) is 10.4 Å². The van der Waals surface area contributed by atoms with Crippen molar-refractivity contribution in [2.24, 2.45) is 0 Å². The molecule has 0 radical (unpaired) electrons. The zero-order chi connectivity index (χ0) is 19.0. The largest absolute Gasteiger partial charge is 0.508 e. The summed E-state index contributed by atoms with van der Waals surface area (Å²) in [5, 5.41) is 12.1. The molecule has 2 heterocycles. The topological polar surface area (TPSA) is 82.8 Å². The summed E-state index contributed by atoms with van der Waals surface area (Å²) in [5.41, 5.74) is -0.774. The number of thiophene rings is 1. The predicted molar refractivity (Wildman–Crippen MR) is 95.8 cm³/mol. The first-order valence-electron chi connectivity index (χ1n) is 7.22. The number of aliphatic hydroxyl groups is 1. The number of carbonyl (C=O) groups is 1. The first-order valence-corrected chi connectivity index (χ1v) is 8.03. The van der Waals surface area contributed by atoms with Crippen LogP contribution >= 0.6 is 11.3 Å². The molecule has 2 aromatic heterocycles. The summed E-state index contributed by atoms with van der Waals surface area (Å²) in [4.78, 5) is 25.2. The summed E-state index contributed by atoms with van der Waals surface area (Å²) in [6, 6.07) is 4.99. The molecule has 134 valence electrons. The molecule has 1 aromatic carbocycles. The Labute approximate surface area is 149 Å². The second-order valence-electron chi connectivity index (χ2n) is 5.32. The van der Waals surface area contributed by atoms with Crippen LogP contribution in [0.1, 0.15) is 5.56 Å². The third kappa shape index (κ3) is 3.29. The molecule has 9 heteroatoms. The minimum Gasteiger partial charge on any atom is -0.508 e. The Balaban J connectivity index is 1.89. The first kappa shape index (κ1) is 17.6. The highest BCUT2D eigenvalue weighted by Gasteiger charge is 2.18. The van der Waals surface area contributed by atoms with E-state index >= 15 is 0 Å². The Morgan fingerprint density at radius 2 is 2.04 bits per heavy atom.